The molecule has 0 aromatic carbocycles. The largest absolute Gasteiger partial charge is 0.324 e. The molecule has 2 fully saturated rings. The fourth-order valence-corrected chi connectivity index (χ4v) is 2.44. The molecule has 88 valence electrons. The lowest BCUT2D eigenvalue weighted by Crippen LogP contribution is -2.44. The third-order valence-corrected chi connectivity index (χ3v) is 3.38. The molecule has 0 atom stereocenters. The fraction of sp³-hybridized carbons (Fsp3) is 0.818. The number of piperidine rings is 1. The molecule has 0 unspecified atom stereocenters. The number of hydrogen-bond acceptors (Lipinski definition) is 5. The lowest BCUT2D eigenvalue weighted by molar-refractivity contribution is 0.365. The molecule has 3 rings (SSSR count). The van der Waals surface area contributed by atoms with Crippen molar-refractivity contribution >= 4 is 6.01 Å². The Hall–Kier alpha value is -1.10. The predicted molar refractivity (Wildman–Crippen MR) is 60.4 cm³/mol. The molecule has 2 heterocycles. The highest BCUT2D eigenvalue weighted by atomic mass is 16.5. The van der Waals surface area contributed by atoms with Crippen molar-refractivity contribution in [1.82, 2.24) is 15.5 Å². The van der Waals surface area contributed by atoms with E-state index >= 15 is 0 Å². The van der Waals surface area contributed by atoms with Crippen LogP contribution in [0.25, 0.3) is 0 Å². The number of hydrogen-bond donors (Lipinski definition) is 1. The van der Waals surface area contributed by atoms with Gasteiger partial charge >= 0.3 is 6.01 Å². The van der Waals surface area contributed by atoms with Crippen molar-refractivity contribution in [2.75, 3.05) is 18.0 Å². The average molecular weight is 222 g/mol. The second kappa shape index (κ2) is 4.05. The van der Waals surface area contributed by atoms with Crippen molar-refractivity contribution < 1.29 is 4.52 Å². The van der Waals surface area contributed by atoms with Gasteiger partial charge in [0.05, 0.1) is 0 Å². The molecular formula is C11H18N4O. The molecule has 0 radical (unpaired) electrons. The molecule has 16 heavy (non-hydrogen) atoms. The first-order valence-corrected chi connectivity index (χ1v) is 6.14. The Morgan fingerprint density at radius 2 is 1.88 bits per heavy atom. The Kier molecular flexibility index (Phi) is 2.55. The van der Waals surface area contributed by atoms with Gasteiger partial charge in [-0.1, -0.05) is 5.16 Å². The third-order valence-electron chi connectivity index (χ3n) is 3.38. The summed E-state index contributed by atoms with van der Waals surface area (Å²) in [5.74, 6) is 0.731. The normalized spacial score (nSPS) is 22.3. The summed E-state index contributed by atoms with van der Waals surface area (Å²) in [5.41, 5.74) is 0. The van der Waals surface area contributed by atoms with E-state index in [0.29, 0.717) is 12.1 Å². The van der Waals surface area contributed by atoms with Crippen molar-refractivity contribution in [2.24, 2.45) is 0 Å². The first-order chi connectivity index (χ1) is 7.84. The van der Waals surface area contributed by atoms with Crippen LogP contribution in [0, 0.1) is 6.92 Å². The summed E-state index contributed by atoms with van der Waals surface area (Å²) in [4.78, 5) is 6.74. The van der Waals surface area contributed by atoms with Crippen LogP contribution in [0.1, 0.15) is 31.5 Å². The lowest BCUT2D eigenvalue weighted by atomic mass is 10.1. The summed E-state index contributed by atoms with van der Waals surface area (Å²) in [6, 6.07) is 1.95. The van der Waals surface area contributed by atoms with E-state index in [-0.39, 0.29) is 0 Å². The minimum atomic E-state index is 0.577. The van der Waals surface area contributed by atoms with Crippen LogP contribution >= 0.6 is 0 Å². The molecule has 1 aromatic rings. The van der Waals surface area contributed by atoms with Crippen LogP contribution < -0.4 is 10.2 Å². The average Bonchev–Trinajstić information content (AvgIpc) is 3.04. The summed E-state index contributed by atoms with van der Waals surface area (Å²) in [6.45, 7) is 4.07. The van der Waals surface area contributed by atoms with Gasteiger partial charge in [0.1, 0.15) is 0 Å². The Bertz CT molecular complexity index is 355. The molecular weight excluding hydrogens is 204 g/mol. The molecule has 1 aromatic heterocycles. The number of rotatable bonds is 3. The van der Waals surface area contributed by atoms with Gasteiger partial charge in [-0.15, -0.1) is 0 Å². The van der Waals surface area contributed by atoms with Crippen molar-refractivity contribution in [3.8, 4) is 0 Å². The molecule has 1 aliphatic heterocycles. The lowest BCUT2D eigenvalue weighted by Gasteiger charge is -2.33. The molecule has 1 N–H and O–H groups in total. The molecule has 1 aliphatic carbocycles. The number of aryl methyl sites for hydroxylation is 1. The highest BCUT2D eigenvalue weighted by Gasteiger charge is 2.37. The molecule has 1 saturated heterocycles. The van der Waals surface area contributed by atoms with Crippen molar-refractivity contribution in [3.63, 3.8) is 0 Å². The van der Waals surface area contributed by atoms with Gasteiger partial charge in [0.25, 0.3) is 0 Å². The monoisotopic (exact) mass is 222 g/mol. The number of aromatic nitrogens is 2. The van der Waals surface area contributed by atoms with E-state index in [4.69, 9.17) is 4.52 Å². The van der Waals surface area contributed by atoms with Crippen molar-refractivity contribution in [3.05, 3.63) is 5.82 Å². The molecule has 0 spiro atoms. The summed E-state index contributed by atoms with van der Waals surface area (Å²) in [6.07, 6.45) is 4.90. The number of anilines is 1. The molecule has 2 aliphatic rings. The van der Waals surface area contributed by atoms with Crippen LogP contribution in [-0.2, 0) is 0 Å². The van der Waals surface area contributed by atoms with E-state index in [9.17, 15) is 0 Å². The zero-order valence-corrected chi connectivity index (χ0v) is 9.65. The van der Waals surface area contributed by atoms with Crippen LogP contribution in [-0.4, -0.2) is 35.3 Å². The van der Waals surface area contributed by atoms with E-state index in [0.717, 1.165) is 24.9 Å². The van der Waals surface area contributed by atoms with E-state index in [1.807, 2.05) is 6.92 Å². The van der Waals surface area contributed by atoms with Gasteiger partial charge in [-0.3, -0.25) is 0 Å². The van der Waals surface area contributed by atoms with Gasteiger partial charge in [0.15, 0.2) is 5.82 Å². The van der Waals surface area contributed by atoms with Crippen LogP contribution in [0.15, 0.2) is 4.52 Å². The maximum absolute atomic E-state index is 5.33. The molecule has 1 saturated carbocycles. The highest BCUT2D eigenvalue weighted by Crippen LogP contribution is 2.34. The van der Waals surface area contributed by atoms with E-state index < -0.39 is 0 Å². The standard InChI is InChI=1S/C11H18N4O/c1-8-13-11(16-14-8)15(9-2-3-9)10-4-6-12-7-5-10/h9-10,12H,2-7H2,1H3. The van der Waals surface area contributed by atoms with Crippen LogP contribution in [0.3, 0.4) is 0 Å². The number of nitrogens with zero attached hydrogens (tertiary/aromatic N) is 3. The Morgan fingerprint density at radius 3 is 2.44 bits per heavy atom. The molecule has 5 heteroatoms. The topological polar surface area (TPSA) is 54.2 Å². The van der Waals surface area contributed by atoms with E-state index in [1.165, 1.54) is 25.7 Å². The predicted octanol–water partition coefficient (Wildman–Crippen LogP) is 1.10. The molecule has 0 amide bonds. The minimum Gasteiger partial charge on any atom is -0.318 e. The maximum Gasteiger partial charge on any atom is 0.324 e. The Balaban J connectivity index is 1.79. The summed E-state index contributed by atoms with van der Waals surface area (Å²) in [7, 11) is 0. The quantitative estimate of drug-likeness (QED) is 0.830. The number of nitrogens with one attached hydrogen (secondary N) is 1. The summed E-state index contributed by atoms with van der Waals surface area (Å²) in [5, 5.41) is 7.29. The maximum atomic E-state index is 5.33. The van der Waals surface area contributed by atoms with Crippen molar-refractivity contribution in [1.29, 1.82) is 0 Å². The van der Waals surface area contributed by atoms with Crippen LogP contribution in [0.2, 0.25) is 0 Å². The van der Waals surface area contributed by atoms with Crippen LogP contribution in [0.5, 0.6) is 0 Å². The third kappa shape index (κ3) is 1.91. The van der Waals surface area contributed by atoms with Gasteiger partial charge in [-0.2, -0.15) is 4.98 Å². The minimum absolute atomic E-state index is 0.577. The van der Waals surface area contributed by atoms with Gasteiger partial charge in [-0.05, 0) is 45.7 Å². The highest BCUT2D eigenvalue weighted by molar-refractivity contribution is 5.32. The second-order valence-electron chi connectivity index (χ2n) is 4.74. The fourth-order valence-electron chi connectivity index (χ4n) is 2.44. The summed E-state index contributed by atoms with van der Waals surface area (Å²) < 4.78 is 5.33. The van der Waals surface area contributed by atoms with Gasteiger partial charge in [0, 0.05) is 12.1 Å². The Morgan fingerprint density at radius 1 is 1.19 bits per heavy atom. The molecule has 0 bridgehead atoms. The summed E-state index contributed by atoms with van der Waals surface area (Å²) >= 11 is 0. The van der Waals surface area contributed by atoms with Crippen molar-refractivity contribution in [2.45, 2.75) is 44.7 Å². The van der Waals surface area contributed by atoms with E-state index in [1.54, 1.807) is 0 Å². The SMILES string of the molecule is Cc1noc(N(C2CCNCC2)C2CC2)n1. The van der Waals surface area contributed by atoms with Gasteiger partial charge < -0.3 is 14.7 Å². The smallest absolute Gasteiger partial charge is 0.318 e. The van der Waals surface area contributed by atoms with Crippen LogP contribution in [0.4, 0.5) is 6.01 Å². The van der Waals surface area contributed by atoms with Gasteiger partial charge in [-0.25, -0.2) is 0 Å². The molecule has 5 nitrogen and oxygen atoms in total. The zero-order valence-electron chi connectivity index (χ0n) is 9.65. The van der Waals surface area contributed by atoms with E-state index in [2.05, 4.69) is 20.4 Å². The Labute approximate surface area is 95.2 Å². The first kappa shape index (κ1) is 10.1. The first-order valence-electron chi connectivity index (χ1n) is 6.14. The second-order valence-corrected chi connectivity index (χ2v) is 4.74. The zero-order chi connectivity index (χ0) is 11.0. The van der Waals surface area contributed by atoms with Gasteiger partial charge in [0.2, 0.25) is 0 Å².